The minimum atomic E-state index is -3.77. The van der Waals surface area contributed by atoms with Gasteiger partial charge in [0.25, 0.3) is 5.69 Å². The zero-order valence-corrected chi connectivity index (χ0v) is 18.7. The van der Waals surface area contributed by atoms with Gasteiger partial charge in [0.1, 0.15) is 11.5 Å². The van der Waals surface area contributed by atoms with E-state index in [1.807, 2.05) is 5.43 Å². The third-order valence-corrected chi connectivity index (χ3v) is 5.81. The van der Waals surface area contributed by atoms with Gasteiger partial charge in [-0.3, -0.25) is 19.7 Å². The molecule has 0 bridgehead atoms. The standard InChI is InChI=1S/C20H16ClN5O7S/c21-13-1-9-18(10-2-13)34(31,32)23-12-17-8-7-16(33-17)11-22-25-20(28)19(27)24-14-3-5-15(6-4-14)26(29)30/h1-11,23H,12H2,(H,24,27)(H,25,28)/b22-11-. The summed E-state index contributed by atoms with van der Waals surface area (Å²) in [5.41, 5.74) is 2.02. The molecule has 1 aromatic heterocycles. The highest BCUT2D eigenvalue weighted by Crippen LogP contribution is 2.16. The number of carbonyl (C=O) groups is 2. The topological polar surface area (TPSA) is 173 Å². The first kappa shape index (κ1) is 24.6. The highest BCUT2D eigenvalue weighted by atomic mass is 35.5. The van der Waals surface area contributed by atoms with Crippen LogP contribution in [0.15, 0.2) is 75.1 Å². The third kappa shape index (κ3) is 6.71. The summed E-state index contributed by atoms with van der Waals surface area (Å²) in [6.07, 6.45) is 1.12. The van der Waals surface area contributed by atoms with Gasteiger partial charge in [0, 0.05) is 22.8 Å². The number of nitrogens with zero attached hydrogens (tertiary/aromatic N) is 2. The molecular formula is C20H16ClN5O7S. The van der Waals surface area contributed by atoms with Crippen LogP contribution in [0.1, 0.15) is 11.5 Å². The lowest BCUT2D eigenvalue weighted by molar-refractivity contribution is -0.384. The lowest BCUT2D eigenvalue weighted by Crippen LogP contribution is -2.32. The molecule has 0 radical (unpaired) electrons. The Morgan fingerprint density at radius 3 is 2.35 bits per heavy atom. The predicted molar refractivity (Wildman–Crippen MR) is 122 cm³/mol. The van der Waals surface area contributed by atoms with Crippen LogP contribution in [0, 0.1) is 10.1 Å². The number of amides is 2. The Morgan fingerprint density at radius 2 is 1.71 bits per heavy atom. The Hall–Kier alpha value is -4.07. The Morgan fingerprint density at radius 1 is 1.03 bits per heavy atom. The molecular weight excluding hydrogens is 490 g/mol. The van der Waals surface area contributed by atoms with E-state index in [9.17, 15) is 28.1 Å². The molecule has 3 aromatic rings. The van der Waals surface area contributed by atoms with E-state index in [1.54, 1.807) is 0 Å². The van der Waals surface area contributed by atoms with Crippen LogP contribution in [-0.2, 0) is 26.2 Å². The molecule has 3 N–H and O–H groups in total. The molecule has 2 amide bonds. The molecule has 0 spiro atoms. The molecule has 0 saturated carbocycles. The average Bonchev–Trinajstić information content (AvgIpc) is 3.26. The smallest absolute Gasteiger partial charge is 0.329 e. The Kier molecular flexibility index (Phi) is 7.73. The zero-order valence-electron chi connectivity index (χ0n) is 17.1. The van der Waals surface area contributed by atoms with Gasteiger partial charge in [-0.1, -0.05) is 11.6 Å². The molecule has 0 unspecified atom stereocenters. The molecule has 0 fully saturated rings. The summed E-state index contributed by atoms with van der Waals surface area (Å²) in [6.45, 7) is -0.136. The molecule has 1 heterocycles. The summed E-state index contributed by atoms with van der Waals surface area (Å²) in [5.74, 6) is -1.65. The second-order valence-electron chi connectivity index (χ2n) is 6.54. The predicted octanol–water partition coefficient (Wildman–Crippen LogP) is 2.41. The van der Waals surface area contributed by atoms with Gasteiger partial charge in [0.05, 0.1) is 22.6 Å². The van der Waals surface area contributed by atoms with Crippen molar-refractivity contribution in [3.63, 3.8) is 0 Å². The van der Waals surface area contributed by atoms with Gasteiger partial charge in [-0.05, 0) is 48.5 Å². The minimum Gasteiger partial charge on any atom is -0.459 e. The number of hydrazone groups is 1. The van der Waals surface area contributed by atoms with Gasteiger partial charge >= 0.3 is 11.8 Å². The molecule has 176 valence electrons. The Labute approximate surface area is 197 Å². The van der Waals surface area contributed by atoms with Crippen LogP contribution >= 0.6 is 11.6 Å². The number of nitro groups is 1. The van der Waals surface area contributed by atoms with Gasteiger partial charge in [0.2, 0.25) is 10.0 Å². The van der Waals surface area contributed by atoms with Crippen molar-refractivity contribution in [2.75, 3.05) is 5.32 Å². The number of furan rings is 1. The van der Waals surface area contributed by atoms with Gasteiger partial charge < -0.3 is 9.73 Å². The lowest BCUT2D eigenvalue weighted by Gasteiger charge is -2.05. The van der Waals surface area contributed by atoms with E-state index in [1.165, 1.54) is 60.7 Å². The number of benzene rings is 2. The molecule has 0 saturated heterocycles. The normalized spacial score (nSPS) is 11.3. The SMILES string of the molecule is O=C(N/N=C\c1ccc(CNS(=O)(=O)c2ccc(Cl)cc2)o1)C(=O)Nc1ccc([N+](=O)[O-])cc1. The first-order valence-corrected chi connectivity index (χ1v) is 11.2. The maximum Gasteiger partial charge on any atom is 0.329 e. The summed E-state index contributed by atoms with van der Waals surface area (Å²) in [6, 6.07) is 13.5. The Balaban J connectivity index is 1.49. The summed E-state index contributed by atoms with van der Waals surface area (Å²) in [4.78, 5) is 33.8. The monoisotopic (exact) mass is 505 g/mol. The molecule has 0 aliphatic heterocycles. The van der Waals surface area contributed by atoms with Crippen molar-refractivity contribution >= 4 is 51.0 Å². The van der Waals surface area contributed by atoms with E-state index in [2.05, 4.69) is 15.1 Å². The quantitative estimate of drug-likeness (QED) is 0.182. The fraction of sp³-hybridized carbons (Fsp3) is 0.0500. The van der Waals surface area contributed by atoms with Gasteiger partial charge in [0.15, 0.2) is 0 Å². The molecule has 0 aliphatic carbocycles. The second kappa shape index (κ2) is 10.7. The summed E-state index contributed by atoms with van der Waals surface area (Å²) in [7, 11) is -3.77. The molecule has 3 rings (SSSR count). The molecule has 34 heavy (non-hydrogen) atoms. The van der Waals surface area contributed by atoms with Crippen molar-refractivity contribution in [2.24, 2.45) is 5.10 Å². The number of rotatable bonds is 8. The lowest BCUT2D eigenvalue weighted by atomic mass is 10.3. The number of carbonyl (C=O) groups excluding carboxylic acids is 2. The van der Waals surface area contributed by atoms with Crippen molar-refractivity contribution in [3.8, 4) is 0 Å². The summed E-state index contributed by atoms with van der Waals surface area (Å²) < 4.78 is 32.3. The van der Waals surface area contributed by atoms with Crippen molar-refractivity contribution in [1.82, 2.24) is 10.1 Å². The van der Waals surface area contributed by atoms with E-state index < -0.39 is 26.8 Å². The van der Waals surface area contributed by atoms with E-state index in [0.29, 0.717) is 5.02 Å². The molecule has 0 atom stereocenters. The molecule has 0 aliphatic rings. The molecule has 2 aromatic carbocycles. The van der Waals surface area contributed by atoms with Crippen molar-refractivity contribution in [3.05, 3.63) is 87.3 Å². The molecule has 12 nitrogen and oxygen atoms in total. The second-order valence-corrected chi connectivity index (χ2v) is 8.74. The number of anilines is 1. The molecule has 14 heteroatoms. The minimum absolute atomic E-state index is 0.0416. The number of nitro benzene ring substituents is 1. The van der Waals surface area contributed by atoms with Gasteiger partial charge in [-0.25, -0.2) is 18.6 Å². The summed E-state index contributed by atoms with van der Waals surface area (Å²) >= 11 is 5.76. The fourth-order valence-electron chi connectivity index (χ4n) is 2.48. The van der Waals surface area contributed by atoms with E-state index in [4.69, 9.17) is 16.0 Å². The highest BCUT2D eigenvalue weighted by Gasteiger charge is 2.15. The van der Waals surface area contributed by atoms with Crippen LogP contribution in [0.4, 0.5) is 11.4 Å². The van der Waals surface area contributed by atoms with E-state index in [-0.39, 0.29) is 34.3 Å². The van der Waals surface area contributed by atoms with Crippen molar-refractivity contribution < 1.29 is 27.3 Å². The first-order chi connectivity index (χ1) is 16.1. The van der Waals surface area contributed by atoms with E-state index >= 15 is 0 Å². The van der Waals surface area contributed by atoms with E-state index in [0.717, 1.165) is 6.21 Å². The van der Waals surface area contributed by atoms with Crippen LogP contribution < -0.4 is 15.5 Å². The fourth-order valence-corrected chi connectivity index (χ4v) is 3.60. The third-order valence-electron chi connectivity index (χ3n) is 4.14. The number of hydrogen-bond donors (Lipinski definition) is 3. The van der Waals surface area contributed by atoms with Crippen LogP contribution in [0.5, 0.6) is 0 Å². The van der Waals surface area contributed by atoms with Crippen molar-refractivity contribution in [2.45, 2.75) is 11.4 Å². The van der Waals surface area contributed by atoms with Crippen LogP contribution in [-0.4, -0.2) is 31.4 Å². The van der Waals surface area contributed by atoms with Gasteiger partial charge in [-0.2, -0.15) is 5.10 Å². The number of sulfonamides is 1. The van der Waals surface area contributed by atoms with Crippen LogP contribution in [0.3, 0.4) is 0 Å². The summed E-state index contributed by atoms with van der Waals surface area (Å²) in [5, 5.41) is 16.9. The number of hydrogen-bond acceptors (Lipinski definition) is 8. The van der Waals surface area contributed by atoms with Gasteiger partial charge in [-0.15, -0.1) is 0 Å². The first-order valence-electron chi connectivity index (χ1n) is 9.37. The number of halogens is 1. The van der Waals surface area contributed by atoms with Crippen LogP contribution in [0.25, 0.3) is 0 Å². The maximum absolute atomic E-state index is 12.3. The zero-order chi connectivity index (χ0) is 24.7. The number of non-ortho nitro benzene ring substituents is 1. The number of nitrogens with one attached hydrogen (secondary N) is 3. The highest BCUT2D eigenvalue weighted by molar-refractivity contribution is 7.89. The Bertz CT molecular complexity index is 1340. The van der Waals surface area contributed by atoms with Crippen molar-refractivity contribution in [1.29, 1.82) is 0 Å². The average molecular weight is 506 g/mol. The maximum atomic E-state index is 12.3. The largest absolute Gasteiger partial charge is 0.459 e. The van der Waals surface area contributed by atoms with Crippen LogP contribution in [0.2, 0.25) is 5.02 Å².